The van der Waals surface area contributed by atoms with Crippen molar-refractivity contribution < 1.29 is 14.5 Å². The summed E-state index contributed by atoms with van der Waals surface area (Å²) in [7, 11) is 0. The number of aryl methyl sites for hydroxylation is 1. The van der Waals surface area contributed by atoms with Crippen molar-refractivity contribution in [1.29, 1.82) is 0 Å². The van der Waals surface area contributed by atoms with E-state index in [4.69, 9.17) is 0 Å². The molecule has 1 aliphatic heterocycles. The van der Waals surface area contributed by atoms with Crippen LogP contribution in [0.3, 0.4) is 0 Å². The van der Waals surface area contributed by atoms with Gasteiger partial charge in [-0.05, 0) is 36.9 Å². The Balaban J connectivity index is 1.85. The van der Waals surface area contributed by atoms with Crippen molar-refractivity contribution in [2.24, 2.45) is 0 Å². The molecule has 122 valence electrons. The van der Waals surface area contributed by atoms with Crippen LogP contribution in [0.4, 0.5) is 10.5 Å². The van der Waals surface area contributed by atoms with E-state index in [1.54, 1.807) is 24.3 Å². The normalized spacial score (nSPS) is 16.2. The zero-order valence-corrected chi connectivity index (χ0v) is 14.2. The summed E-state index contributed by atoms with van der Waals surface area (Å²) in [5.41, 5.74) is 0.229. The van der Waals surface area contributed by atoms with Gasteiger partial charge in [-0.3, -0.25) is 24.6 Å². The number of hydrogen-bond donors (Lipinski definition) is 0. The number of hydrogen-bond acceptors (Lipinski definition) is 6. The molecule has 3 rings (SSSR count). The van der Waals surface area contributed by atoms with Gasteiger partial charge < -0.3 is 0 Å². The molecular formula is C16H12N2O4S2. The molecule has 0 radical (unpaired) electrons. The van der Waals surface area contributed by atoms with Crippen LogP contribution in [0.2, 0.25) is 0 Å². The fraction of sp³-hybridized carbons (Fsp3) is 0.125. The van der Waals surface area contributed by atoms with Gasteiger partial charge in [0.05, 0.1) is 16.4 Å². The van der Waals surface area contributed by atoms with Crippen molar-refractivity contribution in [3.05, 3.63) is 66.7 Å². The second-order valence-corrected chi connectivity index (χ2v) is 7.41. The van der Waals surface area contributed by atoms with Crippen LogP contribution in [-0.2, 0) is 11.3 Å². The summed E-state index contributed by atoms with van der Waals surface area (Å²) in [6, 6.07) is 9.93. The maximum absolute atomic E-state index is 12.5. The number of nitro benzene ring substituents is 1. The molecule has 6 nitrogen and oxygen atoms in total. The summed E-state index contributed by atoms with van der Waals surface area (Å²) >= 11 is 2.38. The van der Waals surface area contributed by atoms with Crippen LogP contribution in [-0.4, -0.2) is 21.0 Å². The van der Waals surface area contributed by atoms with Crippen LogP contribution >= 0.6 is 23.1 Å². The topological polar surface area (TPSA) is 80.5 Å². The Labute approximate surface area is 145 Å². The van der Waals surface area contributed by atoms with Crippen molar-refractivity contribution in [2.75, 3.05) is 0 Å². The van der Waals surface area contributed by atoms with Gasteiger partial charge in [0.25, 0.3) is 16.8 Å². The van der Waals surface area contributed by atoms with E-state index in [0.29, 0.717) is 10.5 Å². The predicted octanol–water partition coefficient (Wildman–Crippen LogP) is 4.20. The number of benzene rings is 1. The summed E-state index contributed by atoms with van der Waals surface area (Å²) in [4.78, 5) is 38.5. The van der Waals surface area contributed by atoms with Gasteiger partial charge in [0.1, 0.15) is 0 Å². The minimum Gasteiger partial charge on any atom is -0.268 e. The molecule has 1 saturated heterocycles. The first-order valence-electron chi connectivity index (χ1n) is 7.00. The number of thioether (sulfide) groups is 1. The van der Waals surface area contributed by atoms with Crippen LogP contribution in [0.1, 0.15) is 15.3 Å². The van der Waals surface area contributed by atoms with Gasteiger partial charge in [0.15, 0.2) is 0 Å². The molecule has 0 bridgehead atoms. The lowest BCUT2D eigenvalue weighted by molar-refractivity contribution is -0.385. The van der Waals surface area contributed by atoms with Gasteiger partial charge in [-0.25, -0.2) is 0 Å². The van der Waals surface area contributed by atoms with Crippen molar-refractivity contribution in [3.8, 4) is 0 Å². The van der Waals surface area contributed by atoms with Crippen molar-refractivity contribution >= 4 is 46.0 Å². The first kappa shape index (κ1) is 16.4. The number of carbonyl (C=O) groups excluding carboxylic acids is 2. The van der Waals surface area contributed by atoms with E-state index in [-0.39, 0.29) is 12.2 Å². The molecule has 1 aromatic carbocycles. The summed E-state index contributed by atoms with van der Waals surface area (Å²) < 4.78 is 0. The smallest absolute Gasteiger partial charge is 0.268 e. The Morgan fingerprint density at radius 1 is 1.21 bits per heavy atom. The third-order valence-corrected chi connectivity index (χ3v) is 5.28. The highest BCUT2D eigenvalue weighted by atomic mass is 32.2. The quantitative estimate of drug-likeness (QED) is 0.464. The lowest BCUT2D eigenvalue weighted by atomic mass is 10.1. The maximum Gasteiger partial charge on any atom is 0.293 e. The molecular weight excluding hydrogens is 348 g/mol. The molecule has 1 aromatic heterocycles. The number of nitro groups is 1. The molecule has 1 fully saturated rings. The van der Waals surface area contributed by atoms with E-state index in [0.717, 1.165) is 26.4 Å². The number of imide groups is 1. The average molecular weight is 360 g/mol. The average Bonchev–Trinajstić information content (AvgIpc) is 3.06. The number of nitrogens with zero attached hydrogens (tertiary/aromatic N) is 2. The van der Waals surface area contributed by atoms with E-state index in [9.17, 15) is 19.7 Å². The van der Waals surface area contributed by atoms with E-state index < -0.39 is 16.1 Å². The fourth-order valence-corrected chi connectivity index (χ4v) is 4.01. The second-order valence-electron chi connectivity index (χ2n) is 5.10. The molecule has 0 N–H and O–H groups in total. The monoisotopic (exact) mass is 360 g/mol. The van der Waals surface area contributed by atoms with E-state index >= 15 is 0 Å². The molecule has 0 atom stereocenters. The summed E-state index contributed by atoms with van der Waals surface area (Å²) in [5.74, 6) is -0.422. The summed E-state index contributed by atoms with van der Waals surface area (Å²) in [5, 5.41) is 10.6. The molecule has 2 aromatic rings. The number of carbonyl (C=O) groups is 2. The Kier molecular flexibility index (Phi) is 4.50. The number of rotatable bonds is 4. The van der Waals surface area contributed by atoms with Crippen molar-refractivity contribution in [1.82, 2.24) is 4.90 Å². The minimum absolute atomic E-state index is 0.102. The van der Waals surface area contributed by atoms with E-state index in [1.165, 1.54) is 17.4 Å². The highest BCUT2D eigenvalue weighted by Crippen LogP contribution is 2.35. The lowest BCUT2D eigenvalue weighted by Crippen LogP contribution is -2.27. The predicted molar refractivity (Wildman–Crippen MR) is 93.7 cm³/mol. The number of amides is 2. The highest BCUT2D eigenvalue weighted by Gasteiger charge is 2.36. The Hall–Kier alpha value is -2.45. The molecule has 0 saturated carbocycles. The summed E-state index contributed by atoms with van der Waals surface area (Å²) in [6.45, 7) is 1.85. The first-order chi connectivity index (χ1) is 11.5. The molecule has 1 aliphatic rings. The van der Waals surface area contributed by atoms with Crippen LogP contribution in [0.5, 0.6) is 0 Å². The van der Waals surface area contributed by atoms with Gasteiger partial charge >= 0.3 is 0 Å². The van der Waals surface area contributed by atoms with Crippen LogP contribution in [0, 0.1) is 17.0 Å². The van der Waals surface area contributed by atoms with Gasteiger partial charge in [-0.1, -0.05) is 18.2 Å². The lowest BCUT2D eigenvalue weighted by Gasteiger charge is -2.12. The number of thiophene rings is 1. The minimum atomic E-state index is -0.515. The van der Waals surface area contributed by atoms with Crippen LogP contribution in [0.15, 0.2) is 41.3 Å². The molecule has 8 heteroatoms. The molecule has 0 aliphatic carbocycles. The standard InChI is InChI=1S/C16H12N2O4S2/c1-10-6-7-12(23-10)8-14-15(19)17(16(20)24-14)9-11-4-2-3-5-13(11)18(21)22/h2-8H,9H2,1H3/b14-8+. The highest BCUT2D eigenvalue weighted by molar-refractivity contribution is 8.18. The Bertz CT molecular complexity index is 872. The first-order valence-corrected chi connectivity index (χ1v) is 8.63. The zero-order valence-electron chi connectivity index (χ0n) is 12.6. The Morgan fingerprint density at radius 3 is 2.62 bits per heavy atom. The molecule has 2 heterocycles. The third kappa shape index (κ3) is 3.24. The molecule has 2 amide bonds. The third-order valence-electron chi connectivity index (χ3n) is 3.42. The van der Waals surface area contributed by atoms with Crippen molar-refractivity contribution in [3.63, 3.8) is 0 Å². The van der Waals surface area contributed by atoms with Crippen molar-refractivity contribution in [2.45, 2.75) is 13.5 Å². The van der Waals surface area contributed by atoms with Gasteiger partial charge in [-0.15, -0.1) is 11.3 Å². The summed E-state index contributed by atoms with van der Waals surface area (Å²) in [6.07, 6.45) is 1.68. The Morgan fingerprint density at radius 2 is 1.96 bits per heavy atom. The largest absolute Gasteiger partial charge is 0.293 e. The van der Waals surface area contributed by atoms with E-state index in [2.05, 4.69) is 0 Å². The van der Waals surface area contributed by atoms with Crippen LogP contribution < -0.4 is 0 Å². The van der Waals surface area contributed by atoms with Crippen LogP contribution in [0.25, 0.3) is 6.08 Å². The zero-order chi connectivity index (χ0) is 17.3. The molecule has 24 heavy (non-hydrogen) atoms. The van der Waals surface area contributed by atoms with E-state index in [1.807, 2.05) is 19.1 Å². The number of para-hydroxylation sites is 1. The fourth-order valence-electron chi connectivity index (χ4n) is 2.29. The van der Waals surface area contributed by atoms with Gasteiger partial charge in [0.2, 0.25) is 0 Å². The molecule has 0 unspecified atom stereocenters. The van der Waals surface area contributed by atoms with Gasteiger partial charge in [-0.2, -0.15) is 0 Å². The SMILES string of the molecule is Cc1ccc(/C=C2/SC(=O)N(Cc3ccccc3[N+](=O)[O-])C2=O)s1. The maximum atomic E-state index is 12.5. The molecule has 0 spiro atoms. The second kappa shape index (κ2) is 6.58. The van der Waals surface area contributed by atoms with Gasteiger partial charge in [0, 0.05) is 21.4 Å².